The third kappa shape index (κ3) is 5.88. The van der Waals surface area contributed by atoms with Crippen molar-refractivity contribution >= 4 is 29.1 Å². The SMILES string of the molecule is Cn1cc(-c2ccc(Nc3cncc(N[C@H]4CN(C(=O)O)C[C@H]4CC(C)(C)C)n3)c([N+](=O)[O-])c2)cn1. The first-order chi connectivity index (χ1) is 17.0. The van der Waals surface area contributed by atoms with Gasteiger partial charge in [-0.25, -0.2) is 9.78 Å². The standard InChI is InChI=1S/C24H30N8O4/c1-24(2,3)8-16-13-31(23(33)34)14-19(16)28-22-11-25-10-21(29-22)27-18-6-5-15(7-20(18)32(35)36)17-9-26-30(4)12-17/h5-7,9-12,16,19H,8,13-14H2,1-4H3,(H,33,34)(H2,27,28,29)/t16-,19+/m1/s1. The zero-order valence-corrected chi connectivity index (χ0v) is 20.7. The highest BCUT2D eigenvalue weighted by atomic mass is 16.6. The molecule has 3 N–H and O–H groups in total. The van der Waals surface area contributed by atoms with E-state index in [4.69, 9.17) is 0 Å². The number of anilines is 3. The van der Waals surface area contributed by atoms with Gasteiger partial charge in [0, 0.05) is 44.0 Å². The molecule has 0 spiro atoms. The van der Waals surface area contributed by atoms with E-state index in [0.717, 1.165) is 12.0 Å². The van der Waals surface area contributed by atoms with E-state index in [1.807, 2.05) is 0 Å². The van der Waals surface area contributed by atoms with Gasteiger partial charge in [-0.1, -0.05) is 26.8 Å². The summed E-state index contributed by atoms with van der Waals surface area (Å²) in [5, 5.41) is 31.7. The Hall–Kier alpha value is -4.22. The van der Waals surface area contributed by atoms with Crippen molar-refractivity contribution in [3.8, 4) is 11.1 Å². The van der Waals surface area contributed by atoms with Crippen LogP contribution in [0.15, 0.2) is 43.0 Å². The average molecular weight is 495 g/mol. The van der Waals surface area contributed by atoms with Crippen LogP contribution in [0.4, 0.5) is 27.8 Å². The molecule has 1 saturated heterocycles. The third-order valence-corrected chi connectivity index (χ3v) is 6.05. The molecule has 0 aliphatic carbocycles. The molecular weight excluding hydrogens is 464 g/mol. The largest absolute Gasteiger partial charge is 0.465 e. The summed E-state index contributed by atoms with van der Waals surface area (Å²) in [7, 11) is 1.78. The average Bonchev–Trinajstić information content (AvgIpc) is 3.39. The molecule has 3 heterocycles. The van der Waals surface area contributed by atoms with E-state index in [1.54, 1.807) is 42.5 Å². The van der Waals surface area contributed by atoms with E-state index in [-0.39, 0.29) is 28.7 Å². The van der Waals surface area contributed by atoms with Crippen LogP contribution in [0.1, 0.15) is 27.2 Å². The molecule has 0 unspecified atom stereocenters. The summed E-state index contributed by atoms with van der Waals surface area (Å²) >= 11 is 0. The molecule has 36 heavy (non-hydrogen) atoms. The molecule has 0 bridgehead atoms. The van der Waals surface area contributed by atoms with Crippen LogP contribution in [-0.2, 0) is 7.05 Å². The van der Waals surface area contributed by atoms with Crippen LogP contribution in [0, 0.1) is 21.4 Å². The van der Waals surface area contributed by atoms with Crippen molar-refractivity contribution in [3.63, 3.8) is 0 Å². The Morgan fingerprint density at radius 2 is 1.94 bits per heavy atom. The summed E-state index contributed by atoms with van der Waals surface area (Å²) in [6.45, 7) is 7.18. The summed E-state index contributed by atoms with van der Waals surface area (Å²) in [5.41, 5.74) is 1.66. The summed E-state index contributed by atoms with van der Waals surface area (Å²) in [6, 6.07) is 4.77. The minimum absolute atomic E-state index is 0.0368. The van der Waals surface area contributed by atoms with E-state index in [2.05, 4.69) is 46.5 Å². The molecule has 1 aliphatic heterocycles. The summed E-state index contributed by atoms with van der Waals surface area (Å²) in [5.74, 6) is 0.907. The molecule has 2 atom stereocenters. The number of likely N-dealkylation sites (tertiary alicyclic amines) is 1. The summed E-state index contributed by atoms with van der Waals surface area (Å²) in [4.78, 5) is 33.1. The second-order valence-corrected chi connectivity index (χ2v) is 10.3. The number of hydrogen-bond acceptors (Lipinski definition) is 8. The molecule has 190 valence electrons. The van der Waals surface area contributed by atoms with Gasteiger partial charge in [-0.3, -0.25) is 19.8 Å². The van der Waals surface area contributed by atoms with Crippen LogP contribution in [0.5, 0.6) is 0 Å². The van der Waals surface area contributed by atoms with Gasteiger partial charge >= 0.3 is 6.09 Å². The summed E-state index contributed by atoms with van der Waals surface area (Å²) in [6.07, 6.45) is 6.37. The molecule has 0 radical (unpaired) electrons. The number of nitro benzene ring substituents is 1. The van der Waals surface area contributed by atoms with Gasteiger partial charge in [-0.15, -0.1) is 0 Å². The van der Waals surface area contributed by atoms with Gasteiger partial charge < -0.3 is 20.6 Å². The number of benzene rings is 1. The first-order valence-electron chi connectivity index (χ1n) is 11.6. The van der Waals surface area contributed by atoms with Crippen molar-refractivity contribution in [2.75, 3.05) is 23.7 Å². The predicted molar refractivity (Wildman–Crippen MR) is 135 cm³/mol. The van der Waals surface area contributed by atoms with Crippen molar-refractivity contribution in [1.82, 2.24) is 24.6 Å². The maximum atomic E-state index is 11.8. The van der Waals surface area contributed by atoms with E-state index in [0.29, 0.717) is 30.3 Å². The number of amides is 1. The lowest BCUT2D eigenvalue weighted by molar-refractivity contribution is -0.383. The fourth-order valence-corrected chi connectivity index (χ4v) is 4.55. The third-order valence-electron chi connectivity index (χ3n) is 6.05. The highest BCUT2D eigenvalue weighted by molar-refractivity contribution is 5.75. The Balaban J connectivity index is 1.54. The second-order valence-electron chi connectivity index (χ2n) is 10.3. The zero-order chi connectivity index (χ0) is 26.0. The van der Waals surface area contributed by atoms with Crippen LogP contribution < -0.4 is 10.6 Å². The summed E-state index contributed by atoms with van der Waals surface area (Å²) < 4.78 is 1.63. The molecule has 4 rings (SSSR count). The van der Waals surface area contributed by atoms with Crippen molar-refractivity contribution in [1.29, 1.82) is 0 Å². The van der Waals surface area contributed by atoms with Crippen LogP contribution in [0.2, 0.25) is 0 Å². The molecule has 1 amide bonds. The highest BCUT2D eigenvalue weighted by Gasteiger charge is 2.37. The van der Waals surface area contributed by atoms with Gasteiger partial charge in [0.1, 0.15) is 11.5 Å². The van der Waals surface area contributed by atoms with Crippen LogP contribution in [-0.4, -0.2) is 59.9 Å². The maximum absolute atomic E-state index is 11.8. The Bertz CT molecular complexity index is 1270. The van der Waals surface area contributed by atoms with Gasteiger partial charge in [0.25, 0.3) is 5.69 Å². The molecular formula is C24H30N8O4. The van der Waals surface area contributed by atoms with Crippen molar-refractivity contribution in [2.24, 2.45) is 18.4 Å². The molecule has 0 saturated carbocycles. The lowest BCUT2D eigenvalue weighted by atomic mass is 9.82. The minimum atomic E-state index is -0.943. The van der Waals surface area contributed by atoms with Crippen LogP contribution >= 0.6 is 0 Å². The van der Waals surface area contributed by atoms with Crippen LogP contribution in [0.25, 0.3) is 11.1 Å². The van der Waals surface area contributed by atoms with Crippen LogP contribution in [0.3, 0.4) is 0 Å². The van der Waals surface area contributed by atoms with Gasteiger partial charge in [0.05, 0.1) is 23.5 Å². The van der Waals surface area contributed by atoms with Crippen molar-refractivity contribution in [2.45, 2.75) is 33.2 Å². The maximum Gasteiger partial charge on any atom is 0.407 e. The second kappa shape index (κ2) is 9.80. The molecule has 2 aromatic heterocycles. The Kier molecular flexibility index (Phi) is 6.77. The van der Waals surface area contributed by atoms with Gasteiger partial charge in [0.15, 0.2) is 5.82 Å². The Morgan fingerprint density at radius 1 is 1.19 bits per heavy atom. The van der Waals surface area contributed by atoms with Gasteiger partial charge in [0.2, 0.25) is 0 Å². The highest BCUT2D eigenvalue weighted by Crippen LogP contribution is 2.34. The molecule has 12 heteroatoms. The normalized spacial score (nSPS) is 17.7. The minimum Gasteiger partial charge on any atom is -0.465 e. The van der Waals surface area contributed by atoms with Crippen molar-refractivity contribution in [3.05, 3.63) is 53.1 Å². The molecule has 3 aromatic rings. The lowest BCUT2D eigenvalue weighted by Gasteiger charge is -2.27. The number of hydrogen-bond donors (Lipinski definition) is 3. The smallest absolute Gasteiger partial charge is 0.407 e. The molecule has 1 fully saturated rings. The van der Waals surface area contributed by atoms with Crippen molar-refractivity contribution < 1.29 is 14.8 Å². The molecule has 12 nitrogen and oxygen atoms in total. The number of aromatic nitrogens is 4. The van der Waals surface area contributed by atoms with E-state index < -0.39 is 11.0 Å². The number of nitrogens with zero attached hydrogens (tertiary/aromatic N) is 6. The van der Waals surface area contributed by atoms with Gasteiger partial charge in [-0.05, 0) is 29.4 Å². The predicted octanol–water partition coefficient (Wildman–Crippen LogP) is 4.36. The first kappa shape index (κ1) is 24.9. The fraction of sp³-hybridized carbons (Fsp3) is 0.417. The quantitative estimate of drug-likeness (QED) is 0.321. The molecule has 1 aromatic carbocycles. The number of nitrogens with one attached hydrogen (secondary N) is 2. The zero-order valence-electron chi connectivity index (χ0n) is 20.7. The van der Waals surface area contributed by atoms with E-state index in [1.165, 1.54) is 17.2 Å². The Labute approximate surface area is 208 Å². The van der Waals surface area contributed by atoms with E-state index >= 15 is 0 Å². The topological polar surface area (TPSA) is 151 Å². The van der Waals surface area contributed by atoms with Gasteiger partial charge in [-0.2, -0.15) is 5.10 Å². The Morgan fingerprint density at radius 3 is 2.58 bits per heavy atom. The monoisotopic (exact) mass is 494 g/mol. The number of aryl methyl sites for hydroxylation is 1. The first-order valence-corrected chi connectivity index (χ1v) is 11.6. The molecule has 1 aliphatic rings. The number of carboxylic acid groups (broad SMARTS) is 1. The number of nitro groups is 1. The fourth-order valence-electron chi connectivity index (χ4n) is 4.55. The lowest BCUT2D eigenvalue weighted by Crippen LogP contribution is -2.32. The number of carbonyl (C=O) groups is 1. The van der Waals surface area contributed by atoms with E-state index in [9.17, 15) is 20.0 Å². The number of rotatable bonds is 7.